The molecule has 0 fully saturated rings. The summed E-state index contributed by atoms with van der Waals surface area (Å²) in [5.41, 5.74) is 2.58. The third kappa shape index (κ3) is 4.81. The largest absolute Gasteiger partial charge is 0.465 e. The fourth-order valence-corrected chi connectivity index (χ4v) is 3.58. The van der Waals surface area contributed by atoms with Gasteiger partial charge in [-0.1, -0.05) is 35.9 Å². The highest BCUT2D eigenvalue weighted by Crippen LogP contribution is 2.30. The second-order valence-electron chi connectivity index (χ2n) is 7.59. The molecule has 8 nitrogen and oxygen atoms in total. The van der Waals surface area contributed by atoms with Crippen molar-refractivity contribution in [1.82, 2.24) is 9.78 Å². The van der Waals surface area contributed by atoms with Gasteiger partial charge in [0.05, 0.1) is 25.5 Å². The number of para-hydroxylation sites is 1. The standard InChI is InChI=1S/C27H22N2O6/c1-17-8-7-9-19(16-17)25(30)35-21-14-12-18(13-15-21)23-22(26(31)33-2)24(27(32)34-3)29(28-23)20-10-5-4-6-11-20/h4-16H,1-3H3. The maximum atomic E-state index is 12.7. The van der Waals surface area contributed by atoms with Gasteiger partial charge in [-0.15, -0.1) is 0 Å². The van der Waals surface area contributed by atoms with Crippen molar-refractivity contribution in [2.45, 2.75) is 6.92 Å². The SMILES string of the molecule is COC(=O)c1c(-c2ccc(OC(=O)c3cccc(C)c3)cc2)nn(-c2ccccc2)c1C(=O)OC. The molecule has 0 unspecified atom stereocenters. The van der Waals surface area contributed by atoms with Crippen molar-refractivity contribution in [2.24, 2.45) is 0 Å². The first-order valence-electron chi connectivity index (χ1n) is 10.7. The van der Waals surface area contributed by atoms with Crippen LogP contribution in [-0.4, -0.2) is 41.9 Å². The molecule has 35 heavy (non-hydrogen) atoms. The van der Waals surface area contributed by atoms with Crippen molar-refractivity contribution < 1.29 is 28.6 Å². The molecule has 4 aromatic rings. The lowest BCUT2D eigenvalue weighted by Crippen LogP contribution is -2.15. The van der Waals surface area contributed by atoms with Crippen molar-refractivity contribution in [1.29, 1.82) is 0 Å². The van der Waals surface area contributed by atoms with Gasteiger partial charge in [0.2, 0.25) is 0 Å². The Hall–Kier alpha value is -4.72. The topological polar surface area (TPSA) is 96.7 Å². The lowest BCUT2D eigenvalue weighted by atomic mass is 10.1. The minimum Gasteiger partial charge on any atom is -0.465 e. The van der Waals surface area contributed by atoms with E-state index in [1.807, 2.05) is 19.1 Å². The fourth-order valence-electron chi connectivity index (χ4n) is 3.58. The summed E-state index contributed by atoms with van der Waals surface area (Å²) in [6.07, 6.45) is 0. The minimum atomic E-state index is -0.739. The first kappa shape index (κ1) is 23.4. The summed E-state index contributed by atoms with van der Waals surface area (Å²) in [5.74, 6) is -1.65. The van der Waals surface area contributed by atoms with Crippen LogP contribution < -0.4 is 4.74 Å². The number of benzene rings is 3. The second kappa shape index (κ2) is 10.0. The molecule has 0 aliphatic rings. The van der Waals surface area contributed by atoms with Crippen molar-refractivity contribution >= 4 is 17.9 Å². The fraction of sp³-hybridized carbons (Fsp3) is 0.111. The molecule has 0 aliphatic heterocycles. The van der Waals surface area contributed by atoms with Gasteiger partial charge in [-0.2, -0.15) is 5.10 Å². The molecule has 3 aromatic carbocycles. The molecule has 0 amide bonds. The van der Waals surface area contributed by atoms with E-state index in [-0.39, 0.29) is 17.0 Å². The van der Waals surface area contributed by atoms with Gasteiger partial charge < -0.3 is 14.2 Å². The Balaban J connectivity index is 1.75. The van der Waals surface area contributed by atoms with Crippen molar-refractivity contribution in [2.75, 3.05) is 14.2 Å². The normalized spacial score (nSPS) is 10.5. The molecular weight excluding hydrogens is 448 g/mol. The number of esters is 3. The van der Waals surface area contributed by atoms with Crippen LogP contribution in [0.25, 0.3) is 16.9 Å². The molecular formula is C27H22N2O6. The molecule has 176 valence electrons. The van der Waals surface area contributed by atoms with Crippen LogP contribution in [-0.2, 0) is 9.47 Å². The van der Waals surface area contributed by atoms with Gasteiger partial charge in [-0.3, -0.25) is 0 Å². The Morgan fingerprint density at radius 2 is 1.46 bits per heavy atom. The first-order valence-corrected chi connectivity index (χ1v) is 10.7. The van der Waals surface area contributed by atoms with Crippen molar-refractivity contribution in [3.8, 4) is 22.7 Å². The number of hydrogen-bond acceptors (Lipinski definition) is 7. The van der Waals surface area contributed by atoms with Crippen LogP contribution in [0.15, 0.2) is 78.9 Å². The van der Waals surface area contributed by atoms with Crippen LogP contribution in [0.2, 0.25) is 0 Å². The molecule has 0 radical (unpaired) electrons. The quantitative estimate of drug-likeness (QED) is 0.299. The Bertz CT molecular complexity index is 1390. The second-order valence-corrected chi connectivity index (χ2v) is 7.59. The maximum Gasteiger partial charge on any atom is 0.357 e. The Kier molecular flexibility index (Phi) is 6.73. The zero-order valence-corrected chi connectivity index (χ0v) is 19.3. The monoisotopic (exact) mass is 470 g/mol. The highest BCUT2D eigenvalue weighted by molar-refractivity contribution is 6.06. The zero-order valence-electron chi connectivity index (χ0n) is 19.3. The first-order chi connectivity index (χ1) is 16.9. The van der Waals surface area contributed by atoms with Crippen LogP contribution in [0, 0.1) is 6.92 Å². The van der Waals surface area contributed by atoms with Crippen molar-refractivity contribution in [3.05, 3.63) is 101 Å². The number of aromatic nitrogens is 2. The lowest BCUT2D eigenvalue weighted by Gasteiger charge is -2.07. The van der Waals surface area contributed by atoms with Gasteiger partial charge >= 0.3 is 17.9 Å². The van der Waals surface area contributed by atoms with Crippen LogP contribution in [0.1, 0.15) is 36.8 Å². The molecule has 1 heterocycles. The molecule has 0 bridgehead atoms. The predicted octanol–water partition coefficient (Wildman–Crippen LogP) is 4.64. The average Bonchev–Trinajstić information content (AvgIpc) is 3.29. The number of carbonyl (C=O) groups is 3. The molecule has 0 saturated heterocycles. The van der Waals surface area contributed by atoms with Crippen LogP contribution >= 0.6 is 0 Å². The molecule has 4 rings (SSSR count). The van der Waals surface area contributed by atoms with E-state index in [4.69, 9.17) is 14.2 Å². The summed E-state index contributed by atoms with van der Waals surface area (Å²) < 4.78 is 16.7. The van der Waals surface area contributed by atoms with E-state index < -0.39 is 17.9 Å². The Morgan fingerprint density at radius 1 is 0.771 bits per heavy atom. The van der Waals surface area contributed by atoms with E-state index in [2.05, 4.69) is 5.10 Å². The number of ether oxygens (including phenoxy) is 3. The van der Waals surface area contributed by atoms with Crippen LogP contribution in [0.4, 0.5) is 0 Å². The molecule has 1 aromatic heterocycles. The Labute approximate surface area is 201 Å². The summed E-state index contributed by atoms with van der Waals surface area (Å²) in [6, 6.07) is 22.4. The number of nitrogens with zero attached hydrogens (tertiary/aromatic N) is 2. The molecule has 0 aliphatic carbocycles. The van der Waals surface area contributed by atoms with Gasteiger partial charge in [-0.25, -0.2) is 19.1 Å². The van der Waals surface area contributed by atoms with Crippen LogP contribution in [0.3, 0.4) is 0 Å². The maximum absolute atomic E-state index is 12.7. The third-order valence-corrected chi connectivity index (χ3v) is 5.25. The van der Waals surface area contributed by atoms with Crippen LogP contribution in [0.5, 0.6) is 5.75 Å². The van der Waals surface area contributed by atoms with E-state index in [1.54, 1.807) is 66.7 Å². The van der Waals surface area contributed by atoms with Gasteiger partial charge in [0.25, 0.3) is 0 Å². The van der Waals surface area contributed by atoms with Crippen molar-refractivity contribution in [3.63, 3.8) is 0 Å². The highest BCUT2D eigenvalue weighted by atomic mass is 16.5. The molecule has 0 spiro atoms. The van der Waals surface area contributed by atoms with E-state index in [0.717, 1.165) is 5.56 Å². The summed E-state index contributed by atoms with van der Waals surface area (Å²) >= 11 is 0. The number of methoxy groups -OCH3 is 2. The van der Waals surface area contributed by atoms with Gasteiger partial charge in [0.15, 0.2) is 5.69 Å². The van der Waals surface area contributed by atoms with E-state index in [9.17, 15) is 14.4 Å². The number of carbonyl (C=O) groups excluding carboxylic acids is 3. The third-order valence-electron chi connectivity index (χ3n) is 5.25. The summed E-state index contributed by atoms with van der Waals surface area (Å²) in [6.45, 7) is 1.89. The average molecular weight is 470 g/mol. The summed E-state index contributed by atoms with van der Waals surface area (Å²) in [7, 11) is 2.45. The van der Waals surface area contributed by atoms with Gasteiger partial charge in [0, 0.05) is 5.56 Å². The highest BCUT2D eigenvalue weighted by Gasteiger charge is 2.31. The molecule has 0 N–H and O–H groups in total. The van der Waals surface area contributed by atoms with E-state index in [0.29, 0.717) is 22.6 Å². The molecule has 8 heteroatoms. The summed E-state index contributed by atoms with van der Waals surface area (Å²) in [5, 5.41) is 4.54. The molecule has 0 saturated carbocycles. The minimum absolute atomic E-state index is 0.0345. The van der Waals surface area contributed by atoms with Gasteiger partial charge in [0.1, 0.15) is 17.0 Å². The zero-order chi connectivity index (χ0) is 24.9. The predicted molar refractivity (Wildman–Crippen MR) is 128 cm³/mol. The summed E-state index contributed by atoms with van der Waals surface area (Å²) in [4.78, 5) is 37.9. The number of hydrogen-bond donors (Lipinski definition) is 0. The number of rotatable bonds is 6. The van der Waals surface area contributed by atoms with Gasteiger partial charge in [-0.05, 0) is 55.5 Å². The van der Waals surface area contributed by atoms with E-state index >= 15 is 0 Å². The number of aryl methyl sites for hydroxylation is 1. The lowest BCUT2D eigenvalue weighted by molar-refractivity contribution is 0.0549. The molecule has 0 atom stereocenters. The van der Waals surface area contributed by atoms with E-state index in [1.165, 1.54) is 18.9 Å². The Morgan fingerprint density at radius 3 is 2.09 bits per heavy atom. The smallest absolute Gasteiger partial charge is 0.357 e.